The fraction of sp³-hybridized carbons (Fsp3) is 0.667. The lowest BCUT2D eigenvalue weighted by molar-refractivity contribution is 0.324. The molecule has 0 saturated carbocycles. The zero-order valence-electron chi connectivity index (χ0n) is 16.0. The second-order valence-electron chi connectivity index (χ2n) is 7.67. The summed E-state index contributed by atoms with van der Waals surface area (Å²) in [5.74, 6) is 2.61. The van der Waals surface area contributed by atoms with Crippen LogP contribution in [0.3, 0.4) is 0 Å². The molecule has 2 aliphatic rings. The summed E-state index contributed by atoms with van der Waals surface area (Å²) < 4.78 is 0. The van der Waals surface area contributed by atoms with Crippen molar-refractivity contribution in [2.75, 3.05) is 46.3 Å². The molecule has 2 aliphatic heterocycles. The molecule has 25 heavy (non-hydrogen) atoms. The van der Waals surface area contributed by atoms with Gasteiger partial charge in [-0.2, -0.15) is 0 Å². The van der Waals surface area contributed by atoms with Crippen molar-refractivity contribution >= 4 is 5.96 Å². The molecule has 0 aromatic heterocycles. The Balaban J connectivity index is 1.43. The normalized spacial score (nSPS) is 24.9. The van der Waals surface area contributed by atoms with E-state index in [1.54, 1.807) is 0 Å². The summed E-state index contributed by atoms with van der Waals surface area (Å²) in [6.45, 7) is 9.35. The van der Waals surface area contributed by atoms with Crippen LogP contribution in [-0.2, 0) is 6.42 Å². The van der Waals surface area contributed by atoms with E-state index < -0.39 is 0 Å². The Bertz CT molecular complexity index is 542. The fourth-order valence-electron chi connectivity index (χ4n) is 4.31. The number of aliphatic imine (C=N–C) groups is 1. The van der Waals surface area contributed by atoms with Gasteiger partial charge >= 0.3 is 0 Å². The summed E-state index contributed by atoms with van der Waals surface area (Å²) in [5.41, 5.74) is 1.46. The minimum Gasteiger partial charge on any atom is -0.356 e. The molecule has 0 spiro atoms. The average molecular weight is 343 g/mol. The zero-order chi connectivity index (χ0) is 17.5. The van der Waals surface area contributed by atoms with Crippen molar-refractivity contribution < 1.29 is 0 Å². The van der Waals surface area contributed by atoms with Crippen LogP contribution in [-0.4, -0.2) is 62.1 Å². The molecule has 2 saturated heterocycles. The van der Waals surface area contributed by atoms with Crippen molar-refractivity contribution in [1.82, 2.24) is 15.1 Å². The van der Waals surface area contributed by atoms with Gasteiger partial charge in [-0.3, -0.25) is 4.99 Å². The standard InChI is InChI=1S/C21H34N4/c1-3-11-24-12-9-20(16-24)15-23-21(22-2)25-13-10-19(17-25)14-18-7-5-4-6-8-18/h4-8,19-20H,3,9-17H2,1-2H3,(H,22,23). The summed E-state index contributed by atoms with van der Waals surface area (Å²) in [6, 6.07) is 10.9. The summed E-state index contributed by atoms with van der Waals surface area (Å²) in [7, 11) is 1.92. The van der Waals surface area contributed by atoms with Crippen molar-refractivity contribution in [3.8, 4) is 0 Å². The molecular formula is C21H34N4. The van der Waals surface area contributed by atoms with Gasteiger partial charge in [0.1, 0.15) is 0 Å². The molecule has 3 rings (SSSR count). The number of nitrogens with one attached hydrogen (secondary N) is 1. The van der Waals surface area contributed by atoms with Crippen LogP contribution in [0.1, 0.15) is 31.7 Å². The third kappa shape index (κ3) is 5.21. The van der Waals surface area contributed by atoms with Crippen LogP contribution in [0.4, 0.5) is 0 Å². The number of nitrogens with zero attached hydrogens (tertiary/aromatic N) is 3. The van der Waals surface area contributed by atoms with E-state index in [0.29, 0.717) is 0 Å². The van der Waals surface area contributed by atoms with E-state index in [0.717, 1.165) is 37.4 Å². The molecular weight excluding hydrogens is 308 g/mol. The molecule has 2 fully saturated rings. The third-order valence-electron chi connectivity index (χ3n) is 5.62. The van der Waals surface area contributed by atoms with Crippen molar-refractivity contribution in [2.45, 2.75) is 32.6 Å². The molecule has 138 valence electrons. The van der Waals surface area contributed by atoms with E-state index in [-0.39, 0.29) is 0 Å². The summed E-state index contributed by atoms with van der Waals surface area (Å²) >= 11 is 0. The molecule has 1 aromatic rings. The highest BCUT2D eigenvalue weighted by Gasteiger charge is 2.26. The molecule has 0 amide bonds. The maximum Gasteiger partial charge on any atom is 0.193 e. The lowest BCUT2D eigenvalue weighted by Crippen LogP contribution is -2.42. The van der Waals surface area contributed by atoms with Crippen LogP contribution in [0, 0.1) is 11.8 Å². The van der Waals surface area contributed by atoms with Crippen LogP contribution >= 0.6 is 0 Å². The molecule has 4 nitrogen and oxygen atoms in total. The van der Waals surface area contributed by atoms with Gasteiger partial charge in [0.25, 0.3) is 0 Å². The number of likely N-dealkylation sites (tertiary alicyclic amines) is 2. The van der Waals surface area contributed by atoms with Crippen LogP contribution in [0.15, 0.2) is 35.3 Å². The largest absolute Gasteiger partial charge is 0.356 e. The van der Waals surface area contributed by atoms with Crippen molar-refractivity contribution in [2.24, 2.45) is 16.8 Å². The summed E-state index contributed by atoms with van der Waals surface area (Å²) in [4.78, 5) is 9.59. The number of guanidine groups is 1. The quantitative estimate of drug-likeness (QED) is 0.637. The van der Waals surface area contributed by atoms with Crippen LogP contribution < -0.4 is 5.32 Å². The predicted molar refractivity (Wildman–Crippen MR) is 106 cm³/mol. The Morgan fingerprint density at radius 3 is 2.68 bits per heavy atom. The molecule has 0 radical (unpaired) electrons. The third-order valence-corrected chi connectivity index (χ3v) is 5.62. The van der Waals surface area contributed by atoms with Gasteiger partial charge < -0.3 is 15.1 Å². The Hall–Kier alpha value is -1.55. The highest BCUT2D eigenvalue weighted by atomic mass is 15.3. The molecule has 4 heteroatoms. The molecule has 1 N–H and O–H groups in total. The Morgan fingerprint density at radius 1 is 1.12 bits per heavy atom. The smallest absolute Gasteiger partial charge is 0.193 e. The maximum absolute atomic E-state index is 4.55. The number of hydrogen-bond acceptors (Lipinski definition) is 2. The van der Waals surface area contributed by atoms with Gasteiger partial charge in [0.2, 0.25) is 0 Å². The first-order chi connectivity index (χ1) is 12.3. The number of rotatable bonds is 6. The molecule has 0 bridgehead atoms. The van der Waals surface area contributed by atoms with Gasteiger partial charge in [0.15, 0.2) is 5.96 Å². The molecule has 2 unspecified atom stereocenters. The molecule has 0 aliphatic carbocycles. The second-order valence-corrected chi connectivity index (χ2v) is 7.67. The Kier molecular flexibility index (Phi) is 6.74. The molecule has 1 aromatic carbocycles. The SMILES string of the molecule is CCCN1CCC(CNC(=NC)N2CCC(Cc3ccccc3)C2)C1. The van der Waals surface area contributed by atoms with Crippen molar-refractivity contribution in [1.29, 1.82) is 0 Å². The maximum atomic E-state index is 4.55. The second kappa shape index (κ2) is 9.23. The summed E-state index contributed by atoms with van der Waals surface area (Å²) in [5, 5.41) is 3.65. The van der Waals surface area contributed by atoms with E-state index in [2.05, 4.69) is 57.4 Å². The van der Waals surface area contributed by atoms with Crippen molar-refractivity contribution in [3.05, 3.63) is 35.9 Å². The average Bonchev–Trinajstić information content (AvgIpc) is 3.27. The lowest BCUT2D eigenvalue weighted by Gasteiger charge is -2.23. The summed E-state index contributed by atoms with van der Waals surface area (Å²) in [6.07, 6.45) is 5.03. The molecule has 2 atom stereocenters. The van der Waals surface area contributed by atoms with E-state index >= 15 is 0 Å². The van der Waals surface area contributed by atoms with E-state index in [1.807, 2.05) is 7.05 Å². The number of benzene rings is 1. The number of hydrogen-bond donors (Lipinski definition) is 1. The fourth-order valence-corrected chi connectivity index (χ4v) is 4.31. The van der Waals surface area contributed by atoms with Crippen LogP contribution in [0.2, 0.25) is 0 Å². The van der Waals surface area contributed by atoms with Gasteiger partial charge in [-0.25, -0.2) is 0 Å². The van der Waals surface area contributed by atoms with Gasteiger partial charge in [-0.05, 0) is 56.2 Å². The van der Waals surface area contributed by atoms with Gasteiger partial charge in [0.05, 0.1) is 0 Å². The van der Waals surface area contributed by atoms with Crippen LogP contribution in [0.5, 0.6) is 0 Å². The van der Waals surface area contributed by atoms with Crippen molar-refractivity contribution in [3.63, 3.8) is 0 Å². The Morgan fingerprint density at radius 2 is 1.92 bits per heavy atom. The first kappa shape index (κ1) is 18.2. The van der Waals surface area contributed by atoms with E-state index in [9.17, 15) is 0 Å². The Labute approximate surface area is 153 Å². The van der Waals surface area contributed by atoms with Crippen LogP contribution in [0.25, 0.3) is 0 Å². The first-order valence-corrected chi connectivity index (χ1v) is 10.00. The molecule has 2 heterocycles. The van der Waals surface area contributed by atoms with Gasteiger partial charge in [-0.15, -0.1) is 0 Å². The topological polar surface area (TPSA) is 30.9 Å². The first-order valence-electron chi connectivity index (χ1n) is 10.00. The predicted octanol–water partition coefficient (Wildman–Crippen LogP) is 2.86. The monoisotopic (exact) mass is 342 g/mol. The van der Waals surface area contributed by atoms with E-state index in [4.69, 9.17) is 0 Å². The highest BCUT2D eigenvalue weighted by molar-refractivity contribution is 5.80. The van der Waals surface area contributed by atoms with E-state index in [1.165, 1.54) is 50.9 Å². The zero-order valence-corrected chi connectivity index (χ0v) is 16.0. The highest BCUT2D eigenvalue weighted by Crippen LogP contribution is 2.21. The lowest BCUT2D eigenvalue weighted by atomic mass is 9.99. The minimum absolute atomic E-state index is 0.743. The minimum atomic E-state index is 0.743. The van der Waals surface area contributed by atoms with Gasteiger partial charge in [0, 0.05) is 33.2 Å². The van der Waals surface area contributed by atoms with Gasteiger partial charge in [-0.1, -0.05) is 37.3 Å².